The van der Waals surface area contributed by atoms with Gasteiger partial charge in [0.05, 0.1) is 23.3 Å². The standard InChI is InChI=1S/C19H24F2N6O/c1-10-7-15(18(20)21)17-14(5)25-27(19(17)23-10)9-16(28)22-12(3)8-26-13(4)6-11(2)24-26/h6-7,12,18H,8-9H2,1-5H3,(H,22,28). The van der Waals surface area contributed by atoms with Gasteiger partial charge in [-0.25, -0.2) is 18.4 Å². The number of aromatic nitrogens is 5. The van der Waals surface area contributed by atoms with Crippen molar-refractivity contribution in [3.05, 3.63) is 40.5 Å². The van der Waals surface area contributed by atoms with Crippen molar-refractivity contribution in [2.24, 2.45) is 0 Å². The minimum absolute atomic E-state index is 0.0923. The first-order valence-electron chi connectivity index (χ1n) is 9.09. The van der Waals surface area contributed by atoms with Gasteiger partial charge in [0.1, 0.15) is 6.54 Å². The minimum Gasteiger partial charge on any atom is -0.350 e. The predicted molar refractivity (Wildman–Crippen MR) is 101 cm³/mol. The molecule has 0 saturated heterocycles. The maximum Gasteiger partial charge on any atom is 0.264 e. The first kappa shape index (κ1) is 19.9. The third-order valence-electron chi connectivity index (χ3n) is 4.52. The van der Waals surface area contributed by atoms with Crippen LogP contribution in [0.4, 0.5) is 8.78 Å². The summed E-state index contributed by atoms with van der Waals surface area (Å²) in [7, 11) is 0. The molecule has 0 aromatic carbocycles. The summed E-state index contributed by atoms with van der Waals surface area (Å²) in [6, 6.07) is 3.18. The first-order chi connectivity index (χ1) is 13.2. The molecular weight excluding hydrogens is 366 g/mol. The van der Waals surface area contributed by atoms with Crippen molar-refractivity contribution in [1.82, 2.24) is 29.9 Å². The van der Waals surface area contributed by atoms with Gasteiger partial charge in [0.25, 0.3) is 6.43 Å². The molecule has 0 aliphatic heterocycles. The molecule has 150 valence electrons. The number of carbonyl (C=O) groups is 1. The Morgan fingerprint density at radius 2 is 1.82 bits per heavy atom. The Morgan fingerprint density at radius 1 is 1.11 bits per heavy atom. The summed E-state index contributed by atoms with van der Waals surface area (Å²) in [5.41, 5.74) is 3.03. The Kier molecular flexibility index (Phi) is 5.44. The molecule has 0 bridgehead atoms. The summed E-state index contributed by atoms with van der Waals surface area (Å²) in [4.78, 5) is 16.8. The molecule has 3 aromatic rings. The van der Waals surface area contributed by atoms with E-state index < -0.39 is 6.43 Å². The van der Waals surface area contributed by atoms with Crippen molar-refractivity contribution >= 4 is 16.9 Å². The van der Waals surface area contributed by atoms with Crippen LogP contribution in [-0.2, 0) is 17.9 Å². The van der Waals surface area contributed by atoms with Crippen molar-refractivity contribution < 1.29 is 13.6 Å². The lowest BCUT2D eigenvalue weighted by molar-refractivity contribution is -0.122. The fourth-order valence-electron chi connectivity index (χ4n) is 3.42. The zero-order valence-corrected chi connectivity index (χ0v) is 16.6. The molecule has 0 saturated carbocycles. The van der Waals surface area contributed by atoms with Crippen molar-refractivity contribution in [2.75, 3.05) is 0 Å². The molecule has 0 radical (unpaired) electrons. The molecule has 1 N–H and O–H groups in total. The van der Waals surface area contributed by atoms with Crippen LogP contribution in [0, 0.1) is 27.7 Å². The average molecular weight is 390 g/mol. The quantitative estimate of drug-likeness (QED) is 0.702. The van der Waals surface area contributed by atoms with Gasteiger partial charge in [-0.05, 0) is 46.8 Å². The number of hydrogen-bond donors (Lipinski definition) is 1. The van der Waals surface area contributed by atoms with E-state index in [9.17, 15) is 13.6 Å². The fourth-order valence-corrected chi connectivity index (χ4v) is 3.42. The van der Waals surface area contributed by atoms with Crippen LogP contribution >= 0.6 is 0 Å². The predicted octanol–water partition coefficient (Wildman–Crippen LogP) is 3.00. The van der Waals surface area contributed by atoms with Crippen LogP contribution < -0.4 is 5.32 Å². The molecule has 1 amide bonds. The lowest BCUT2D eigenvalue weighted by Crippen LogP contribution is -2.38. The number of nitrogens with zero attached hydrogens (tertiary/aromatic N) is 5. The van der Waals surface area contributed by atoms with E-state index in [1.165, 1.54) is 10.7 Å². The Balaban J connectivity index is 1.77. The molecule has 9 heteroatoms. The largest absolute Gasteiger partial charge is 0.350 e. The number of pyridine rings is 1. The molecule has 1 unspecified atom stereocenters. The topological polar surface area (TPSA) is 77.6 Å². The smallest absolute Gasteiger partial charge is 0.264 e. The number of alkyl halides is 2. The monoisotopic (exact) mass is 390 g/mol. The van der Waals surface area contributed by atoms with Crippen LogP contribution in [0.25, 0.3) is 11.0 Å². The van der Waals surface area contributed by atoms with Crippen molar-refractivity contribution in [3.8, 4) is 0 Å². The summed E-state index contributed by atoms with van der Waals surface area (Å²) in [6.07, 6.45) is -2.63. The summed E-state index contributed by atoms with van der Waals surface area (Å²) in [5.74, 6) is -0.264. The second-order valence-electron chi connectivity index (χ2n) is 7.17. The third-order valence-corrected chi connectivity index (χ3v) is 4.52. The Morgan fingerprint density at radius 3 is 2.43 bits per heavy atom. The SMILES string of the molecule is Cc1cc(C(F)F)c2c(C)nn(CC(=O)NC(C)Cn3nc(C)cc3C)c2n1. The second kappa shape index (κ2) is 7.65. The highest BCUT2D eigenvalue weighted by atomic mass is 19.3. The van der Waals surface area contributed by atoms with E-state index in [0.29, 0.717) is 29.0 Å². The molecule has 0 fully saturated rings. The van der Waals surface area contributed by atoms with Gasteiger partial charge in [-0.1, -0.05) is 0 Å². The molecule has 3 heterocycles. The van der Waals surface area contributed by atoms with Gasteiger partial charge in [-0.15, -0.1) is 0 Å². The minimum atomic E-state index is -2.63. The molecule has 3 aromatic heterocycles. The van der Waals surface area contributed by atoms with Crippen molar-refractivity contribution in [2.45, 2.75) is 60.2 Å². The first-order valence-corrected chi connectivity index (χ1v) is 9.09. The van der Waals surface area contributed by atoms with Gasteiger partial charge in [0, 0.05) is 23.0 Å². The van der Waals surface area contributed by atoms with E-state index in [1.807, 2.05) is 31.5 Å². The number of carbonyl (C=O) groups excluding carboxylic acids is 1. The van der Waals surface area contributed by atoms with E-state index in [1.54, 1.807) is 13.8 Å². The molecular formula is C19H24F2N6O. The second-order valence-corrected chi connectivity index (χ2v) is 7.17. The van der Waals surface area contributed by atoms with E-state index in [-0.39, 0.29) is 24.1 Å². The van der Waals surface area contributed by atoms with E-state index >= 15 is 0 Å². The normalized spacial score (nSPS) is 12.7. The summed E-state index contributed by atoms with van der Waals surface area (Å²) in [6.45, 7) is 9.50. The van der Waals surface area contributed by atoms with Crippen LogP contribution in [-0.4, -0.2) is 36.5 Å². The highest BCUT2D eigenvalue weighted by Gasteiger charge is 2.21. The summed E-state index contributed by atoms with van der Waals surface area (Å²) >= 11 is 0. The van der Waals surface area contributed by atoms with E-state index in [2.05, 4.69) is 20.5 Å². The van der Waals surface area contributed by atoms with Gasteiger partial charge in [0.2, 0.25) is 5.91 Å². The highest BCUT2D eigenvalue weighted by molar-refractivity contribution is 5.84. The number of hydrogen-bond acceptors (Lipinski definition) is 4. The van der Waals surface area contributed by atoms with Crippen LogP contribution in [0.5, 0.6) is 0 Å². The number of amides is 1. The number of rotatable bonds is 6. The van der Waals surface area contributed by atoms with Gasteiger partial charge < -0.3 is 5.32 Å². The maximum atomic E-state index is 13.4. The highest BCUT2D eigenvalue weighted by Crippen LogP contribution is 2.29. The number of aryl methyl sites for hydroxylation is 4. The zero-order valence-electron chi connectivity index (χ0n) is 16.6. The third kappa shape index (κ3) is 4.02. The number of nitrogens with one attached hydrogen (secondary N) is 1. The van der Waals surface area contributed by atoms with E-state index in [4.69, 9.17) is 0 Å². The van der Waals surface area contributed by atoms with Crippen LogP contribution in [0.3, 0.4) is 0 Å². The average Bonchev–Trinajstić information content (AvgIpc) is 3.05. The van der Waals surface area contributed by atoms with Gasteiger partial charge >= 0.3 is 0 Å². The van der Waals surface area contributed by atoms with Gasteiger partial charge in [-0.3, -0.25) is 9.48 Å². The Hall–Kier alpha value is -2.84. The van der Waals surface area contributed by atoms with Crippen LogP contribution in [0.1, 0.15) is 41.7 Å². The molecule has 28 heavy (non-hydrogen) atoms. The van der Waals surface area contributed by atoms with Gasteiger partial charge in [0.15, 0.2) is 5.65 Å². The van der Waals surface area contributed by atoms with Crippen molar-refractivity contribution in [1.29, 1.82) is 0 Å². The number of halogens is 2. The Labute approximate surface area is 161 Å². The van der Waals surface area contributed by atoms with Crippen molar-refractivity contribution in [3.63, 3.8) is 0 Å². The summed E-state index contributed by atoms with van der Waals surface area (Å²) < 4.78 is 30.0. The lowest BCUT2D eigenvalue weighted by atomic mass is 10.1. The molecule has 1 atom stereocenters. The molecule has 0 aliphatic carbocycles. The zero-order chi connectivity index (χ0) is 20.6. The lowest BCUT2D eigenvalue weighted by Gasteiger charge is -2.15. The fraction of sp³-hybridized carbons (Fsp3) is 0.474. The van der Waals surface area contributed by atoms with Crippen LogP contribution in [0.15, 0.2) is 12.1 Å². The maximum absolute atomic E-state index is 13.4. The Bertz CT molecular complexity index is 1020. The van der Waals surface area contributed by atoms with Gasteiger partial charge in [-0.2, -0.15) is 10.2 Å². The summed E-state index contributed by atoms with van der Waals surface area (Å²) in [5, 5.41) is 11.9. The van der Waals surface area contributed by atoms with E-state index in [0.717, 1.165) is 11.4 Å². The molecule has 3 rings (SSSR count). The van der Waals surface area contributed by atoms with Crippen LogP contribution in [0.2, 0.25) is 0 Å². The molecule has 0 spiro atoms. The molecule has 0 aliphatic rings. The number of fused-ring (bicyclic) bond motifs is 1. The molecule has 7 nitrogen and oxygen atoms in total.